The molecule has 14 heavy (non-hydrogen) atoms. The fraction of sp³-hybridized carbons (Fsp3) is 0.500. The van der Waals surface area contributed by atoms with Gasteiger partial charge >= 0.3 is 0 Å². The maximum Gasteiger partial charge on any atom is 0.267 e. The zero-order valence-electron chi connectivity index (χ0n) is 7.84. The number of H-pyrrole nitrogens is 1. The Morgan fingerprint density at radius 1 is 1.71 bits per heavy atom. The van der Waals surface area contributed by atoms with Gasteiger partial charge in [0.1, 0.15) is 10.3 Å². The zero-order valence-corrected chi connectivity index (χ0v) is 9.43. The van der Waals surface area contributed by atoms with E-state index < -0.39 is 0 Å². The number of nitrogens with zero attached hydrogens (tertiary/aromatic N) is 1. The molecule has 0 amide bonds. The second kappa shape index (κ2) is 5.77. The lowest BCUT2D eigenvalue weighted by Gasteiger charge is -2.05. The van der Waals surface area contributed by atoms with E-state index in [4.69, 9.17) is 4.74 Å². The van der Waals surface area contributed by atoms with E-state index >= 15 is 0 Å². The molecule has 5 nitrogen and oxygen atoms in total. The van der Waals surface area contributed by atoms with Gasteiger partial charge in [-0.3, -0.25) is 4.79 Å². The number of aromatic amines is 1. The summed E-state index contributed by atoms with van der Waals surface area (Å²) < 4.78 is 5.55. The molecular weight excluding hydrogens is 250 g/mol. The molecule has 78 valence electrons. The summed E-state index contributed by atoms with van der Waals surface area (Å²) in [7, 11) is 0. The molecule has 0 aromatic carbocycles. The first-order valence-electron chi connectivity index (χ1n) is 4.30. The summed E-state index contributed by atoms with van der Waals surface area (Å²) in [5.74, 6) is 0.536. The zero-order chi connectivity index (χ0) is 10.4. The van der Waals surface area contributed by atoms with Crippen LogP contribution in [0.4, 0.5) is 5.82 Å². The van der Waals surface area contributed by atoms with Crippen molar-refractivity contribution in [2.75, 3.05) is 25.1 Å². The van der Waals surface area contributed by atoms with Crippen LogP contribution in [0.1, 0.15) is 6.92 Å². The number of nitrogens with one attached hydrogen (secondary N) is 2. The topological polar surface area (TPSA) is 67.0 Å². The van der Waals surface area contributed by atoms with Crippen molar-refractivity contribution in [3.63, 3.8) is 0 Å². The van der Waals surface area contributed by atoms with E-state index in [1.54, 1.807) is 0 Å². The number of halogens is 1. The summed E-state index contributed by atoms with van der Waals surface area (Å²) in [6.45, 7) is 3.84. The third kappa shape index (κ3) is 3.12. The van der Waals surface area contributed by atoms with E-state index in [2.05, 4.69) is 31.2 Å². The molecular formula is C8H12BrN3O2. The predicted molar refractivity (Wildman–Crippen MR) is 57.5 cm³/mol. The Bertz CT molecular complexity index is 340. The Morgan fingerprint density at radius 2 is 2.50 bits per heavy atom. The molecule has 2 N–H and O–H groups in total. The van der Waals surface area contributed by atoms with Crippen molar-refractivity contribution in [1.82, 2.24) is 9.97 Å². The normalized spacial score (nSPS) is 10.1. The van der Waals surface area contributed by atoms with Crippen molar-refractivity contribution in [3.05, 3.63) is 21.2 Å². The van der Waals surface area contributed by atoms with Crippen molar-refractivity contribution in [1.29, 1.82) is 0 Å². The van der Waals surface area contributed by atoms with Crippen LogP contribution < -0.4 is 10.9 Å². The quantitative estimate of drug-likeness (QED) is 0.776. The maximum absolute atomic E-state index is 11.1. The lowest BCUT2D eigenvalue weighted by molar-refractivity contribution is 0.158. The van der Waals surface area contributed by atoms with Crippen molar-refractivity contribution in [2.24, 2.45) is 0 Å². The fourth-order valence-corrected chi connectivity index (χ4v) is 1.25. The minimum absolute atomic E-state index is 0.195. The van der Waals surface area contributed by atoms with E-state index in [1.165, 1.54) is 6.33 Å². The van der Waals surface area contributed by atoms with Crippen LogP contribution in [0.15, 0.2) is 15.6 Å². The van der Waals surface area contributed by atoms with Crippen LogP contribution in [0, 0.1) is 0 Å². The van der Waals surface area contributed by atoms with Crippen LogP contribution in [-0.2, 0) is 4.74 Å². The molecule has 1 aromatic rings. The van der Waals surface area contributed by atoms with Gasteiger partial charge in [-0.25, -0.2) is 4.98 Å². The molecule has 0 aliphatic heterocycles. The van der Waals surface area contributed by atoms with Crippen molar-refractivity contribution >= 4 is 21.7 Å². The van der Waals surface area contributed by atoms with E-state index in [0.717, 1.165) is 0 Å². The Kier molecular flexibility index (Phi) is 4.61. The molecule has 0 fully saturated rings. The number of hydrogen-bond acceptors (Lipinski definition) is 4. The van der Waals surface area contributed by atoms with E-state index in [1.807, 2.05) is 6.92 Å². The van der Waals surface area contributed by atoms with Crippen molar-refractivity contribution in [2.45, 2.75) is 6.92 Å². The highest BCUT2D eigenvalue weighted by Gasteiger charge is 2.03. The maximum atomic E-state index is 11.1. The number of anilines is 1. The minimum atomic E-state index is -0.195. The lowest BCUT2D eigenvalue weighted by Crippen LogP contribution is -2.15. The SMILES string of the molecule is CCOCCNc1nc[nH]c(=O)c1Br. The number of aromatic nitrogens is 2. The van der Waals surface area contributed by atoms with Gasteiger partial charge in [-0.2, -0.15) is 0 Å². The summed E-state index contributed by atoms with van der Waals surface area (Å²) >= 11 is 3.14. The molecule has 0 radical (unpaired) electrons. The summed E-state index contributed by atoms with van der Waals surface area (Å²) in [4.78, 5) is 17.5. The molecule has 0 bridgehead atoms. The second-order valence-electron chi connectivity index (χ2n) is 2.52. The van der Waals surface area contributed by atoms with Crippen LogP contribution >= 0.6 is 15.9 Å². The molecule has 0 unspecified atom stereocenters. The Labute approximate surface area is 90.0 Å². The highest BCUT2D eigenvalue weighted by atomic mass is 79.9. The summed E-state index contributed by atoms with van der Waals surface area (Å²) in [6, 6.07) is 0. The molecule has 1 aromatic heterocycles. The minimum Gasteiger partial charge on any atom is -0.380 e. The van der Waals surface area contributed by atoms with Crippen LogP contribution in [0.5, 0.6) is 0 Å². The van der Waals surface area contributed by atoms with Gasteiger partial charge in [-0.15, -0.1) is 0 Å². The largest absolute Gasteiger partial charge is 0.380 e. The first-order chi connectivity index (χ1) is 6.75. The third-order valence-electron chi connectivity index (χ3n) is 1.54. The van der Waals surface area contributed by atoms with E-state index in [0.29, 0.717) is 30.0 Å². The molecule has 0 spiro atoms. The molecule has 0 saturated heterocycles. The first kappa shape index (κ1) is 11.2. The van der Waals surface area contributed by atoms with E-state index in [9.17, 15) is 4.79 Å². The molecule has 6 heteroatoms. The average Bonchev–Trinajstić information content (AvgIpc) is 2.19. The van der Waals surface area contributed by atoms with Gasteiger partial charge in [-0.1, -0.05) is 0 Å². The molecule has 1 heterocycles. The van der Waals surface area contributed by atoms with Crippen LogP contribution in [0.2, 0.25) is 0 Å². The standard InChI is InChI=1S/C8H12BrN3O2/c1-2-14-4-3-10-7-6(9)8(13)12-5-11-7/h5H,2-4H2,1H3,(H2,10,11,12,13). The second-order valence-corrected chi connectivity index (χ2v) is 3.31. The predicted octanol–water partition coefficient (Wildman–Crippen LogP) is 0.981. The highest BCUT2D eigenvalue weighted by molar-refractivity contribution is 9.10. The fourth-order valence-electron chi connectivity index (χ4n) is 0.892. The molecule has 0 saturated carbocycles. The van der Waals surface area contributed by atoms with Gasteiger partial charge in [0.25, 0.3) is 5.56 Å². The first-order valence-corrected chi connectivity index (χ1v) is 5.09. The average molecular weight is 262 g/mol. The third-order valence-corrected chi connectivity index (χ3v) is 2.28. The van der Waals surface area contributed by atoms with Crippen LogP contribution in [0.25, 0.3) is 0 Å². The summed E-state index contributed by atoms with van der Waals surface area (Å²) in [5, 5.41) is 2.99. The number of hydrogen-bond donors (Lipinski definition) is 2. The molecule has 0 aliphatic carbocycles. The Balaban J connectivity index is 2.51. The van der Waals surface area contributed by atoms with Crippen molar-refractivity contribution < 1.29 is 4.74 Å². The van der Waals surface area contributed by atoms with Crippen LogP contribution in [-0.4, -0.2) is 29.7 Å². The monoisotopic (exact) mass is 261 g/mol. The number of rotatable bonds is 5. The smallest absolute Gasteiger partial charge is 0.267 e. The molecule has 1 rings (SSSR count). The molecule has 0 atom stereocenters. The highest BCUT2D eigenvalue weighted by Crippen LogP contribution is 2.12. The summed E-state index contributed by atoms with van der Waals surface area (Å²) in [6.07, 6.45) is 1.36. The van der Waals surface area contributed by atoms with Gasteiger partial charge in [-0.05, 0) is 22.9 Å². The van der Waals surface area contributed by atoms with Crippen molar-refractivity contribution in [3.8, 4) is 0 Å². The van der Waals surface area contributed by atoms with E-state index in [-0.39, 0.29) is 5.56 Å². The Morgan fingerprint density at radius 3 is 3.21 bits per heavy atom. The van der Waals surface area contributed by atoms with Gasteiger partial charge in [0, 0.05) is 13.2 Å². The van der Waals surface area contributed by atoms with Gasteiger partial charge in [0.2, 0.25) is 0 Å². The van der Waals surface area contributed by atoms with Gasteiger partial charge in [0.05, 0.1) is 12.9 Å². The van der Waals surface area contributed by atoms with Gasteiger partial charge < -0.3 is 15.0 Å². The van der Waals surface area contributed by atoms with Gasteiger partial charge in [0.15, 0.2) is 0 Å². The lowest BCUT2D eigenvalue weighted by atomic mass is 10.5. The summed E-state index contributed by atoms with van der Waals surface area (Å²) in [5.41, 5.74) is -0.195. The van der Waals surface area contributed by atoms with Crippen LogP contribution in [0.3, 0.4) is 0 Å². The Hall–Kier alpha value is -0.880. The number of ether oxygens (including phenoxy) is 1. The molecule has 0 aliphatic rings.